The average Bonchev–Trinajstić information content (AvgIpc) is 2.56. The van der Waals surface area contributed by atoms with E-state index in [9.17, 15) is 14.0 Å². The molecule has 1 saturated heterocycles. The highest BCUT2D eigenvalue weighted by Crippen LogP contribution is 2.39. The lowest BCUT2D eigenvalue weighted by Gasteiger charge is -2.46. The number of piperidine rings is 1. The van der Waals surface area contributed by atoms with Crippen LogP contribution in [0.15, 0.2) is 18.2 Å². The van der Waals surface area contributed by atoms with Gasteiger partial charge in [0.1, 0.15) is 11.4 Å². The Morgan fingerprint density at radius 3 is 2.75 bits per heavy atom. The second-order valence-electron chi connectivity index (χ2n) is 5.82. The zero-order chi connectivity index (χ0) is 17.9. The number of hydrazine groups is 1. The number of hydrogen-bond acceptors (Lipinski definition) is 6. The number of ketones is 1. The Kier molecular flexibility index (Phi) is 5.66. The maximum absolute atomic E-state index is 13.6. The fourth-order valence-electron chi connectivity index (χ4n) is 3.35. The minimum atomic E-state index is -1.51. The van der Waals surface area contributed by atoms with E-state index in [1.54, 1.807) is 0 Å². The number of amides is 1. The molecule has 24 heavy (non-hydrogen) atoms. The molecule has 2 unspecified atom stereocenters. The van der Waals surface area contributed by atoms with Crippen molar-refractivity contribution in [3.8, 4) is 0 Å². The first-order valence-electron chi connectivity index (χ1n) is 7.84. The van der Waals surface area contributed by atoms with E-state index in [2.05, 4.69) is 0 Å². The van der Waals surface area contributed by atoms with Crippen molar-refractivity contribution in [3.05, 3.63) is 35.1 Å². The zero-order valence-electron chi connectivity index (χ0n) is 13.6. The van der Waals surface area contributed by atoms with Gasteiger partial charge in [0, 0.05) is 26.1 Å². The highest BCUT2D eigenvalue weighted by atomic mass is 19.1. The van der Waals surface area contributed by atoms with Crippen molar-refractivity contribution < 1.29 is 18.7 Å². The third-order valence-corrected chi connectivity index (χ3v) is 4.44. The van der Waals surface area contributed by atoms with Crippen molar-refractivity contribution in [3.63, 3.8) is 0 Å². The molecule has 1 aromatic rings. The van der Waals surface area contributed by atoms with Crippen LogP contribution in [0.25, 0.3) is 0 Å². The lowest BCUT2D eigenvalue weighted by molar-refractivity contribution is -0.150. The maximum Gasteiger partial charge on any atom is 0.287 e. The summed E-state index contributed by atoms with van der Waals surface area (Å²) in [6, 6.07) is 3.89. The van der Waals surface area contributed by atoms with E-state index in [4.69, 9.17) is 22.0 Å². The third kappa shape index (κ3) is 3.18. The summed E-state index contributed by atoms with van der Waals surface area (Å²) < 4.78 is 19.2. The van der Waals surface area contributed by atoms with Crippen LogP contribution in [-0.4, -0.2) is 36.0 Å². The van der Waals surface area contributed by atoms with Crippen molar-refractivity contribution in [1.82, 2.24) is 5.01 Å². The molecule has 132 valence electrons. The first kappa shape index (κ1) is 18.5. The van der Waals surface area contributed by atoms with Gasteiger partial charge < -0.3 is 16.2 Å². The maximum atomic E-state index is 13.6. The number of nitrogens with zero attached hydrogens (tertiary/aromatic N) is 1. The number of primary amides is 1. The Balaban J connectivity index is 2.63. The van der Waals surface area contributed by atoms with Crippen LogP contribution in [-0.2, 0) is 26.4 Å². The normalized spacial score (nSPS) is 24.8. The average molecular weight is 338 g/mol. The predicted octanol–water partition coefficient (Wildman–Crippen LogP) is -0.0913. The third-order valence-electron chi connectivity index (χ3n) is 4.44. The number of carbonyl (C=O) groups excluding carboxylic acids is 2. The van der Waals surface area contributed by atoms with Gasteiger partial charge in [-0.25, -0.2) is 9.40 Å². The molecule has 0 saturated carbocycles. The summed E-state index contributed by atoms with van der Waals surface area (Å²) in [4.78, 5) is 24.4. The molecule has 1 aromatic carbocycles. The highest BCUT2D eigenvalue weighted by molar-refractivity contribution is 6.39. The summed E-state index contributed by atoms with van der Waals surface area (Å²) in [6.07, 6.45) is 0.489. The molecule has 1 amide bonds. The molecule has 1 heterocycles. The molecule has 2 atom stereocenters. The van der Waals surface area contributed by atoms with E-state index < -0.39 is 23.0 Å². The standard InChI is InChI=1S/C16H23FN4O3/c1-2-24-12-5-6-21(20)16(8-12,14(22)15(19)23)13-4-3-11(17)7-10(13)9-18/h3-4,7,12H,2,5-6,8-9,18,20H2,1H3,(H2,19,23). The monoisotopic (exact) mass is 338 g/mol. The number of Topliss-reactive ketones (excluding diaryl/α,β-unsaturated/α-hetero) is 1. The molecule has 1 fully saturated rings. The van der Waals surface area contributed by atoms with Gasteiger partial charge in [-0.05, 0) is 36.6 Å². The van der Waals surface area contributed by atoms with Gasteiger partial charge in [0.2, 0.25) is 5.78 Å². The number of rotatable bonds is 6. The number of halogens is 1. The molecular weight excluding hydrogens is 315 g/mol. The molecule has 1 aliphatic heterocycles. The Morgan fingerprint density at radius 1 is 1.46 bits per heavy atom. The molecule has 2 rings (SSSR count). The highest BCUT2D eigenvalue weighted by Gasteiger charge is 2.51. The molecule has 0 radical (unpaired) electrons. The number of nitrogens with two attached hydrogens (primary N) is 3. The minimum Gasteiger partial charge on any atom is -0.378 e. The summed E-state index contributed by atoms with van der Waals surface area (Å²) in [5.41, 5.74) is 10.3. The molecule has 6 N–H and O–H groups in total. The van der Waals surface area contributed by atoms with E-state index in [0.29, 0.717) is 30.7 Å². The SMILES string of the molecule is CCOC1CCN(N)C(C(=O)C(N)=O)(c2ccc(F)cc2CN)C1. The summed E-state index contributed by atoms with van der Waals surface area (Å²) >= 11 is 0. The molecule has 0 spiro atoms. The fraction of sp³-hybridized carbons (Fsp3) is 0.500. The van der Waals surface area contributed by atoms with Crippen LogP contribution in [0.4, 0.5) is 4.39 Å². The Bertz CT molecular complexity index is 640. The summed E-state index contributed by atoms with van der Waals surface area (Å²) in [5, 5.41) is 1.29. The number of ether oxygens (including phenoxy) is 1. The lowest BCUT2D eigenvalue weighted by atomic mass is 9.75. The van der Waals surface area contributed by atoms with Crippen molar-refractivity contribution in [2.45, 2.75) is 38.0 Å². The van der Waals surface area contributed by atoms with Crippen LogP contribution < -0.4 is 17.3 Å². The molecule has 0 bridgehead atoms. The van der Waals surface area contributed by atoms with Crippen molar-refractivity contribution in [1.29, 1.82) is 0 Å². The van der Waals surface area contributed by atoms with Crippen molar-refractivity contribution in [2.24, 2.45) is 17.3 Å². The first-order chi connectivity index (χ1) is 11.4. The van der Waals surface area contributed by atoms with Crippen molar-refractivity contribution >= 4 is 11.7 Å². The Hall–Kier alpha value is -1.87. The summed E-state index contributed by atoms with van der Waals surface area (Å²) in [7, 11) is 0. The summed E-state index contributed by atoms with van der Waals surface area (Å²) in [6.45, 7) is 2.62. The number of carbonyl (C=O) groups is 2. The number of hydrogen-bond donors (Lipinski definition) is 3. The van der Waals surface area contributed by atoms with Gasteiger partial charge in [0.25, 0.3) is 5.91 Å². The fourth-order valence-corrected chi connectivity index (χ4v) is 3.35. The van der Waals surface area contributed by atoms with Gasteiger partial charge in [0.05, 0.1) is 6.10 Å². The van der Waals surface area contributed by atoms with E-state index in [1.807, 2.05) is 6.92 Å². The van der Waals surface area contributed by atoms with Crippen LogP contribution >= 0.6 is 0 Å². The van der Waals surface area contributed by atoms with Gasteiger partial charge in [-0.15, -0.1) is 0 Å². The van der Waals surface area contributed by atoms with Crippen LogP contribution in [0.3, 0.4) is 0 Å². The molecule has 7 nitrogen and oxygen atoms in total. The largest absolute Gasteiger partial charge is 0.378 e. The van der Waals surface area contributed by atoms with Gasteiger partial charge in [-0.1, -0.05) is 6.07 Å². The molecule has 0 aliphatic carbocycles. The van der Waals surface area contributed by atoms with E-state index in [-0.39, 0.29) is 19.1 Å². The second-order valence-corrected chi connectivity index (χ2v) is 5.82. The van der Waals surface area contributed by atoms with Crippen LogP contribution in [0.2, 0.25) is 0 Å². The summed E-state index contributed by atoms with van der Waals surface area (Å²) in [5.74, 6) is 3.68. The van der Waals surface area contributed by atoms with Gasteiger partial charge in [-0.3, -0.25) is 15.4 Å². The molecular formula is C16H23FN4O3. The van der Waals surface area contributed by atoms with E-state index >= 15 is 0 Å². The van der Waals surface area contributed by atoms with Crippen LogP contribution in [0.1, 0.15) is 30.9 Å². The van der Waals surface area contributed by atoms with E-state index in [0.717, 1.165) is 0 Å². The zero-order valence-corrected chi connectivity index (χ0v) is 13.6. The Labute approximate surface area is 139 Å². The first-order valence-corrected chi connectivity index (χ1v) is 7.84. The molecule has 8 heteroatoms. The quantitative estimate of drug-likeness (QED) is 0.492. The van der Waals surface area contributed by atoms with Gasteiger partial charge in [-0.2, -0.15) is 0 Å². The number of benzene rings is 1. The molecule has 0 aromatic heterocycles. The lowest BCUT2D eigenvalue weighted by Crippen LogP contribution is -2.63. The topological polar surface area (TPSA) is 125 Å². The Morgan fingerprint density at radius 2 is 2.17 bits per heavy atom. The second kappa shape index (κ2) is 7.35. The van der Waals surface area contributed by atoms with Gasteiger partial charge in [0.15, 0.2) is 0 Å². The van der Waals surface area contributed by atoms with Crippen LogP contribution in [0.5, 0.6) is 0 Å². The molecule has 1 aliphatic rings. The smallest absolute Gasteiger partial charge is 0.287 e. The minimum absolute atomic E-state index is 0.00593. The van der Waals surface area contributed by atoms with E-state index in [1.165, 1.54) is 23.2 Å². The van der Waals surface area contributed by atoms with Crippen molar-refractivity contribution in [2.75, 3.05) is 13.2 Å². The van der Waals surface area contributed by atoms with Gasteiger partial charge >= 0.3 is 0 Å². The predicted molar refractivity (Wildman–Crippen MR) is 85.7 cm³/mol. The van der Waals surface area contributed by atoms with Crippen LogP contribution in [0, 0.1) is 5.82 Å².